The summed E-state index contributed by atoms with van der Waals surface area (Å²) in [6.45, 7) is 7.14. The summed E-state index contributed by atoms with van der Waals surface area (Å²) < 4.78 is 0. The van der Waals surface area contributed by atoms with Crippen LogP contribution in [0, 0.1) is 17.8 Å². The summed E-state index contributed by atoms with van der Waals surface area (Å²) in [6, 6.07) is 0. The van der Waals surface area contributed by atoms with Gasteiger partial charge in [0.15, 0.2) is 0 Å². The molecule has 0 saturated heterocycles. The van der Waals surface area contributed by atoms with E-state index in [0.29, 0.717) is 0 Å². The molecule has 0 aliphatic heterocycles. The van der Waals surface area contributed by atoms with Crippen LogP contribution in [0.15, 0.2) is 0 Å². The molecule has 0 aromatic heterocycles. The fourth-order valence-electron chi connectivity index (χ4n) is 2.35. The lowest BCUT2D eigenvalue weighted by atomic mass is 9.65. The first-order valence-electron chi connectivity index (χ1n) is 4.19. The van der Waals surface area contributed by atoms with Crippen molar-refractivity contribution in [2.75, 3.05) is 6.26 Å². The lowest BCUT2D eigenvalue weighted by molar-refractivity contribution is 0.103. The maximum Gasteiger partial charge on any atom is 0.00493 e. The zero-order valence-corrected chi connectivity index (χ0v) is 8.24. The Morgan fingerprint density at radius 3 is 2.00 bits per heavy atom. The molecule has 0 N–H and O–H groups in total. The fraction of sp³-hybridized carbons (Fsp3) is 1.00. The van der Waals surface area contributed by atoms with Crippen molar-refractivity contribution in [1.82, 2.24) is 0 Å². The molecular weight excluding hydrogens is 140 g/mol. The predicted octanol–water partition coefficient (Wildman–Crippen LogP) is 3.03. The molecule has 60 valence electrons. The fourth-order valence-corrected chi connectivity index (χ4v) is 3.20. The quantitative estimate of drug-likeness (QED) is 0.595. The molecule has 1 heteroatoms. The van der Waals surface area contributed by atoms with E-state index < -0.39 is 0 Å². The largest absolute Gasteiger partial charge is 0.162 e. The maximum atomic E-state index is 2.39. The van der Waals surface area contributed by atoms with Crippen molar-refractivity contribution < 1.29 is 0 Å². The molecule has 0 nitrogen and oxygen atoms in total. The smallest absolute Gasteiger partial charge is 0.00493 e. The van der Waals surface area contributed by atoms with Crippen molar-refractivity contribution in [1.29, 1.82) is 0 Å². The van der Waals surface area contributed by atoms with Crippen LogP contribution in [-0.2, 0) is 0 Å². The molecule has 0 spiro atoms. The molecule has 0 radical (unpaired) electrons. The Hall–Kier alpha value is 0.350. The molecule has 0 amide bonds. The highest BCUT2D eigenvalue weighted by atomic mass is 32.2. The van der Waals surface area contributed by atoms with Gasteiger partial charge >= 0.3 is 0 Å². The second-order valence-corrected chi connectivity index (χ2v) is 4.92. The molecule has 1 rings (SSSR count). The summed E-state index contributed by atoms with van der Waals surface area (Å²) in [7, 11) is 0. The van der Waals surface area contributed by atoms with Gasteiger partial charge in [-0.15, -0.1) is 0 Å². The molecular formula is C9H18S. The van der Waals surface area contributed by atoms with Crippen molar-refractivity contribution >= 4 is 11.8 Å². The average molecular weight is 158 g/mol. The summed E-state index contributed by atoms with van der Waals surface area (Å²) in [4.78, 5) is 0. The van der Waals surface area contributed by atoms with Crippen molar-refractivity contribution in [3.8, 4) is 0 Å². The Kier molecular flexibility index (Phi) is 2.67. The topological polar surface area (TPSA) is 0 Å². The van der Waals surface area contributed by atoms with Gasteiger partial charge in [0, 0.05) is 5.25 Å². The number of hydrogen-bond donors (Lipinski definition) is 0. The van der Waals surface area contributed by atoms with Gasteiger partial charge in [-0.3, -0.25) is 0 Å². The molecule has 0 aromatic rings. The minimum Gasteiger partial charge on any atom is -0.162 e. The standard InChI is InChI=1S/C9H18S/c1-6-5-7(2)9(6)8(3)10-4/h6-9H,5H2,1-4H3. The minimum atomic E-state index is 0.874. The van der Waals surface area contributed by atoms with Gasteiger partial charge in [0.25, 0.3) is 0 Å². The van der Waals surface area contributed by atoms with Gasteiger partial charge in [0.05, 0.1) is 0 Å². The Labute approximate surface area is 68.8 Å². The van der Waals surface area contributed by atoms with Gasteiger partial charge in [0.1, 0.15) is 0 Å². The van der Waals surface area contributed by atoms with Gasteiger partial charge in [-0.25, -0.2) is 0 Å². The van der Waals surface area contributed by atoms with E-state index in [2.05, 4.69) is 27.0 Å². The van der Waals surface area contributed by atoms with Crippen LogP contribution in [0.25, 0.3) is 0 Å². The van der Waals surface area contributed by atoms with Crippen LogP contribution in [0.5, 0.6) is 0 Å². The third-order valence-corrected chi connectivity index (χ3v) is 4.03. The number of thioether (sulfide) groups is 1. The summed E-state index contributed by atoms with van der Waals surface area (Å²) in [5.74, 6) is 2.96. The van der Waals surface area contributed by atoms with Crippen LogP contribution in [0.2, 0.25) is 0 Å². The Bertz CT molecular complexity index is 103. The molecule has 1 saturated carbocycles. The first-order valence-corrected chi connectivity index (χ1v) is 5.48. The summed E-state index contributed by atoms with van der Waals surface area (Å²) in [6.07, 6.45) is 3.68. The summed E-state index contributed by atoms with van der Waals surface area (Å²) in [5, 5.41) is 0.874. The molecule has 1 aliphatic rings. The van der Waals surface area contributed by atoms with E-state index in [9.17, 15) is 0 Å². The van der Waals surface area contributed by atoms with E-state index in [-0.39, 0.29) is 0 Å². The van der Waals surface area contributed by atoms with Gasteiger partial charge in [-0.1, -0.05) is 20.8 Å². The van der Waals surface area contributed by atoms with Crippen LogP contribution in [0.4, 0.5) is 0 Å². The van der Waals surface area contributed by atoms with E-state index in [1.165, 1.54) is 6.42 Å². The molecule has 0 bridgehead atoms. The zero-order valence-electron chi connectivity index (χ0n) is 7.42. The van der Waals surface area contributed by atoms with Crippen molar-refractivity contribution in [3.63, 3.8) is 0 Å². The van der Waals surface area contributed by atoms with Crippen LogP contribution in [-0.4, -0.2) is 11.5 Å². The van der Waals surface area contributed by atoms with Gasteiger partial charge < -0.3 is 0 Å². The van der Waals surface area contributed by atoms with Crippen molar-refractivity contribution in [2.24, 2.45) is 17.8 Å². The average Bonchev–Trinajstić information content (AvgIpc) is 1.87. The molecule has 3 unspecified atom stereocenters. The minimum absolute atomic E-state index is 0.874. The van der Waals surface area contributed by atoms with Crippen molar-refractivity contribution in [2.45, 2.75) is 32.4 Å². The molecule has 1 aliphatic carbocycles. The monoisotopic (exact) mass is 158 g/mol. The van der Waals surface area contributed by atoms with Crippen LogP contribution in [0.1, 0.15) is 27.2 Å². The second kappa shape index (κ2) is 3.17. The molecule has 1 fully saturated rings. The second-order valence-electron chi connectivity index (χ2n) is 3.71. The van der Waals surface area contributed by atoms with E-state index in [4.69, 9.17) is 0 Å². The lowest BCUT2D eigenvalue weighted by Gasteiger charge is -2.44. The third-order valence-electron chi connectivity index (χ3n) is 2.97. The molecule has 10 heavy (non-hydrogen) atoms. The molecule has 0 aromatic carbocycles. The van der Waals surface area contributed by atoms with E-state index in [1.807, 2.05) is 11.8 Å². The highest BCUT2D eigenvalue weighted by Crippen LogP contribution is 2.44. The van der Waals surface area contributed by atoms with Crippen LogP contribution < -0.4 is 0 Å². The highest BCUT2D eigenvalue weighted by Gasteiger charge is 2.37. The van der Waals surface area contributed by atoms with Gasteiger partial charge in [0.2, 0.25) is 0 Å². The number of rotatable bonds is 2. The van der Waals surface area contributed by atoms with E-state index in [1.54, 1.807) is 0 Å². The lowest BCUT2D eigenvalue weighted by Crippen LogP contribution is -2.38. The van der Waals surface area contributed by atoms with E-state index >= 15 is 0 Å². The Balaban J connectivity index is 2.38. The van der Waals surface area contributed by atoms with Gasteiger partial charge in [-0.05, 0) is 30.4 Å². The van der Waals surface area contributed by atoms with Crippen molar-refractivity contribution in [3.05, 3.63) is 0 Å². The summed E-state index contributed by atoms with van der Waals surface area (Å²) in [5.41, 5.74) is 0. The molecule has 0 heterocycles. The Morgan fingerprint density at radius 1 is 1.30 bits per heavy atom. The number of hydrogen-bond acceptors (Lipinski definition) is 1. The van der Waals surface area contributed by atoms with Gasteiger partial charge in [-0.2, -0.15) is 11.8 Å². The predicted molar refractivity (Wildman–Crippen MR) is 49.4 cm³/mol. The third kappa shape index (κ3) is 1.34. The Morgan fingerprint density at radius 2 is 1.80 bits per heavy atom. The maximum absolute atomic E-state index is 2.39. The summed E-state index contributed by atoms with van der Waals surface area (Å²) >= 11 is 2.02. The first-order chi connectivity index (χ1) is 4.66. The molecule has 3 atom stereocenters. The highest BCUT2D eigenvalue weighted by molar-refractivity contribution is 7.99. The first kappa shape index (κ1) is 8.45. The van der Waals surface area contributed by atoms with E-state index in [0.717, 1.165) is 23.0 Å². The van der Waals surface area contributed by atoms with Crippen LogP contribution >= 0.6 is 11.8 Å². The SMILES string of the molecule is CSC(C)C1C(C)CC1C. The van der Waals surface area contributed by atoms with Crippen LogP contribution in [0.3, 0.4) is 0 Å². The zero-order chi connectivity index (χ0) is 7.72. The normalized spacial score (nSPS) is 42.6.